The van der Waals surface area contributed by atoms with Crippen LogP contribution in [0.15, 0.2) is 22.2 Å². The highest BCUT2D eigenvalue weighted by molar-refractivity contribution is 5.86. The molecule has 216 valence electrons. The van der Waals surface area contributed by atoms with Gasteiger partial charge < -0.3 is 29.1 Å². The number of carbonyl (C=O) groups excluding carboxylic acids is 4. The molecular weight excluding hydrogens is 504 g/mol. The van der Waals surface area contributed by atoms with Gasteiger partial charge in [0.05, 0.1) is 18.2 Å². The van der Waals surface area contributed by atoms with Gasteiger partial charge in [-0.05, 0) is 60.3 Å². The Bertz CT molecular complexity index is 1060. The second kappa shape index (κ2) is 13.6. The van der Waals surface area contributed by atoms with E-state index in [-0.39, 0.29) is 30.9 Å². The number of likely N-dealkylation sites (tertiary alicyclic amines) is 1. The zero-order valence-corrected chi connectivity index (χ0v) is 23.8. The van der Waals surface area contributed by atoms with Crippen LogP contribution in [-0.2, 0) is 30.3 Å². The average molecular weight is 547 g/mol. The van der Waals surface area contributed by atoms with Gasteiger partial charge in [-0.2, -0.15) is 0 Å². The summed E-state index contributed by atoms with van der Waals surface area (Å²) in [6, 6.07) is 0.824. The third kappa shape index (κ3) is 9.40. The van der Waals surface area contributed by atoms with Crippen molar-refractivity contribution in [3.8, 4) is 0 Å². The molecule has 1 fully saturated rings. The Morgan fingerprint density at radius 1 is 1.21 bits per heavy atom. The van der Waals surface area contributed by atoms with Crippen molar-refractivity contribution in [1.29, 1.82) is 0 Å². The molecule has 1 N–H and O–H groups in total. The third-order valence-electron chi connectivity index (χ3n) is 6.73. The van der Waals surface area contributed by atoms with Crippen molar-refractivity contribution in [3.63, 3.8) is 0 Å². The zero-order chi connectivity index (χ0) is 28.6. The standard InChI is InChI=1S/C28H42N4O7/c1-6-37-26(35)23(17-22-16-19(2)30-39-22)29-25(34)21-8-7-13-32(18-21)24(33)10-9-20-11-14-31(15-12-20)27(36)38-28(3,4)5/h11,16,21,23H,6-10,12-15,17-18H2,1-5H3,(H,29,34)/t21-,23+/m1/s1. The second-order valence-corrected chi connectivity index (χ2v) is 11.2. The predicted octanol–water partition coefficient (Wildman–Crippen LogP) is 3.16. The Hall–Kier alpha value is -3.37. The number of piperidine rings is 1. The zero-order valence-electron chi connectivity index (χ0n) is 23.8. The smallest absolute Gasteiger partial charge is 0.410 e. The molecule has 1 saturated heterocycles. The van der Waals surface area contributed by atoms with Gasteiger partial charge >= 0.3 is 12.1 Å². The van der Waals surface area contributed by atoms with Gasteiger partial charge in [-0.15, -0.1) is 0 Å². The van der Waals surface area contributed by atoms with Crippen LogP contribution in [0.5, 0.6) is 0 Å². The molecule has 39 heavy (non-hydrogen) atoms. The Balaban J connectivity index is 1.49. The van der Waals surface area contributed by atoms with E-state index >= 15 is 0 Å². The molecule has 0 aliphatic carbocycles. The van der Waals surface area contributed by atoms with Crippen LogP contribution in [0.1, 0.15) is 71.3 Å². The van der Waals surface area contributed by atoms with E-state index in [4.69, 9.17) is 14.0 Å². The monoisotopic (exact) mass is 546 g/mol. The van der Waals surface area contributed by atoms with Crippen molar-refractivity contribution < 1.29 is 33.2 Å². The lowest BCUT2D eigenvalue weighted by atomic mass is 9.95. The predicted molar refractivity (Wildman–Crippen MR) is 143 cm³/mol. The number of nitrogens with one attached hydrogen (secondary N) is 1. The fourth-order valence-corrected chi connectivity index (χ4v) is 4.71. The van der Waals surface area contributed by atoms with Gasteiger partial charge in [-0.3, -0.25) is 9.59 Å². The molecule has 1 aromatic rings. The number of aromatic nitrogens is 1. The van der Waals surface area contributed by atoms with E-state index in [0.29, 0.717) is 69.7 Å². The Morgan fingerprint density at radius 2 is 1.97 bits per heavy atom. The number of hydrogen-bond donors (Lipinski definition) is 1. The topological polar surface area (TPSA) is 131 Å². The first-order chi connectivity index (χ1) is 18.4. The van der Waals surface area contributed by atoms with Crippen molar-refractivity contribution in [3.05, 3.63) is 29.2 Å². The van der Waals surface area contributed by atoms with Crippen LogP contribution in [0.2, 0.25) is 0 Å². The molecule has 0 saturated carbocycles. The molecule has 0 spiro atoms. The molecule has 2 aliphatic rings. The normalized spacial score (nSPS) is 18.7. The average Bonchev–Trinajstić information content (AvgIpc) is 3.30. The summed E-state index contributed by atoms with van der Waals surface area (Å²) in [5.41, 5.74) is 1.30. The third-order valence-corrected chi connectivity index (χ3v) is 6.73. The number of carbonyl (C=O) groups is 4. The Kier molecular flexibility index (Phi) is 10.5. The van der Waals surface area contributed by atoms with E-state index in [0.717, 1.165) is 5.57 Å². The summed E-state index contributed by atoms with van der Waals surface area (Å²) in [5.74, 6) is -0.736. The number of ether oxygens (including phenoxy) is 2. The first-order valence-electron chi connectivity index (χ1n) is 13.8. The molecular formula is C28H42N4O7. The number of rotatable bonds is 9. The summed E-state index contributed by atoms with van der Waals surface area (Å²) >= 11 is 0. The van der Waals surface area contributed by atoms with E-state index in [1.165, 1.54) is 0 Å². The highest BCUT2D eigenvalue weighted by atomic mass is 16.6. The lowest BCUT2D eigenvalue weighted by molar-refractivity contribution is -0.148. The number of aryl methyl sites for hydroxylation is 1. The molecule has 0 unspecified atom stereocenters. The first-order valence-corrected chi connectivity index (χ1v) is 13.8. The second-order valence-electron chi connectivity index (χ2n) is 11.2. The summed E-state index contributed by atoms with van der Waals surface area (Å²) in [4.78, 5) is 54.3. The molecule has 1 aromatic heterocycles. The fraction of sp³-hybridized carbons (Fsp3) is 0.679. The maximum absolute atomic E-state index is 13.1. The molecule has 3 rings (SSSR count). The van der Waals surface area contributed by atoms with Crippen LogP contribution in [0, 0.1) is 12.8 Å². The van der Waals surface area contributed by atoms with E-state index in [1.807, 2.05) is 26.8 Å². The summed E-state index contributed by atoms with van der Waals surface area (Å²) in [7, 11) is 0. The van der Waals surface area contributed by atoms with Crippen LogP contribution in [0.4, 0.5) is 4.79 Å². The minimum Gasteiger partial charge on any atom is -0.464 e. The van der Waals surface area contributed by atoms with E-state index in [2.05, 4.69) is 10.5 Å². The summed E-state index contributed by atoms with van der Waals surface area (Å²) < 4.78 is 15.8. The van der Waals surface area contributed by atoms with Crippen molar-refractivity contribution in [2.45, 2.75) is 84.8 Å². The van der Waals surface area contributed by atoms with Gasteiger partial charge in [0.1, 0.15) is 17.4 Å². The molecule has 11 nitrogen and oxygen atoms in total. The molecule has 2 atom stereocenters. The molecule has 3 heterocycles. The van der Waals surface area contributed by atoms with Gasteiger partial charge in [-0.1, -0.05) is 16.8 Å². The SMILES string of the molecule is CCOC(=O)[C@H](Cc1cc(C)no1)NC(=O)[C@@H]1CCCN(C(=O)CCC2=CCN(C(=O)OC(C)(C)C)CC2)C1. The van der Waals surface area contributed by atoms with E-state index in [9.17, 15) is 19.2 Å². The highest BCUT2D eigenvalue weighted by Crippen LogP contribution is 2.22. The maximum Gasteiger partial charge on any atom is 0.410 e. The van der Waals surface area contributed by atoms with E-state index < -0.39 is 23.5 Å². The molecule has 0 radical (unpaired) electrons. The maximum atomic E-state index is 13.1. The van der Waals surface area contributed by atoms with Gasteiger partial charge in [0.15, 0.2) is 0 Å². The Morgan fingerprint density at radius 3 is 2.59 bits per heavy atom. The molecule has 0 bridgehead atoms. The molecule has 2 aliphatic heterocycles. The van der Waals surface area contributed by atoms with Crippen LogP contribution < -0.4 is 5.32 Å². The van der Waals surface area contributed by atoms with Crippen LogP contribution in [-0.4, -0.2) is 83.3 Å². The van der Waals surface area contributed by atoms with Crippen LogP contribution in [0.3, 0.4) is 0 Å². The molecule has 3 amide bonds. The number of nitrogens with zero attached hydrogens (tertiary/aromatic N) is 3. The number of hydrogen-bond acceptors (Lipinski definition) is 8. The Labute approximate surface area is 230 Å². The number of amides is 3. The van der Waals surface area contributed by atoms with Gasteiger partial charge in [0, 0.05) is 45.1 Å². The number of esters is 1. The quantitative estimate of drug-likeness (QED) is 0.369. The largest absolute Gasteiger partial charge is 0.464 e. The van der Waals surface area contributed by atoms with Crippen LogP contribution in [0.25, 0.3) is 0 Å². The van der Waals surface area contributed by atoms with Gasteiger partial charge in [0.2, 0.25) is 11.8 Å². The van der Waals surface area contributed by atoms with Gasteiger partial charge in [-0.25, -0.2) is 9.59 Å². The summed E-state index contributed by atoms with van der Waals surface area (Å²) in [5, 5.41) is 6.65. The van der Waals surface area contributed by atoms with Crippen molar-refractivity contribution in [2.75, 3.05) is 32.8 Å². The summed E-state index contributed by atoms with van der Waals surface area (Å²) in [6.07, 6.45) is 4.84. The summed E-state index contributed by atoms with van der Waals surface area (Å²) in [6.45, 7) is 11.2. The van der Waals surface area contributed by atoms with Crippen molar-refractivity contribution in [1.82, 2.24) is 20.3 Å². The lowest BCUT2D eigenvalue weighted by Crippen LogP contribution is -2.50. The minimum absolute atomic E-state index is 0.00190. The minimum atomic E-state index is -0.894. The fourth-order valence-electron chi connectivity index (χ4n) is 4.71. The molecule has 0 aromatic carbocycles. The first kappa shape index (κ1) is 30.2. The van der Waals surface area contributed by atoms with Gasteiger partial charge in [0.25, 0.3) is 0 Å². The van der Waals surface area contributed by atoms with E-state index in [1.54, 1.807) is 29.7 Å². The van der Waals surface area contributed by atoms with Crippen LogP contribution >= 0.6 is 0 Å². The lowest BCUT2D eigenvalue weighted by Gasteiger charge is -2.33. The van der Waals surface area contributed by atoms with Crippen molar-refractivity contribution >= 4 is 23.9 Å². The highest BCUT2D eigenvalue weighted by Gasteiger charge is 2.32. The van der Waals surface area contributed by atoms with Crippen molar-refractivity contribution in [2.24, 2.45) is 5.92 Å². The molecule has 11 heteroatoms.